The number of benzene rings is 2. The first-order chi connectivity index (χ1) is 11.6. The Labute approximate surface area is 146 Å². The van der Waals surface area contributed by atoms with E-state index >= 15 is 0 Å². The van der Waals surface area contributed by atoms with Gasteiger partial charge in [-0.1, -0.05) is 6.07 Å². The van der Waals surface area contributed by atoms with Gasteiger partial charge in [0.15, 0.2) is 5.13 Å². The van der Waals surface area contributed by atoms with Gasteiger partial charge in [0.05, 0.1) is 19.9 Å². The molecule has 0 saturated heterocycles. The Kier molecular flexibility index (Phi) is 4.71. The Hall–Kier alpha value is -2.53. The largest absolute Gasteiger partial charge is 0.497 e. The van der Waals surface area contributed by atoms with E-state index in [-0.39, 0.29) is 0 Å². The third-order valence-corrected chi connectivity index (χ3v) is 4.70. The molecule has 4 nitrogen and oxygen atoms in total. The Balaban J connectivity index is 1.86. The van der Waals surface area contributed by atoms with Crippen molar-refractivity contribution in [2.24, 2.45) is 0 Å². The van der Waals surface area contributed by atoms with E-state index in [1.165, 1.54) is 11.1 Å². The van der Waals surface area contributed by atoms with Crippen LogP contribution in [0.2, 0.25) is 0 Å². The second-order valence-electron chi connectivity index (χ2n) is 5.53. The number of hydrogen-bond acceptors (Lipinski definition) is 5. The van der Waals surface area contributed by atoms with Gasteiger partial charge < -0.3 is 14.8 Å². The van der Waals surface area contributed by atoms with Crippen molar-refractivity contribution in [3.63, 3.8) is 0 Å². The molecule has 3 aromatic rings. The van der Waals surface area contributed by atoms with Crippen molar-refractivity contribution in [3.8, 4) is 22.8 Å². The zero-order valence-corrected chi connectivity index (χ0v) is 15.0. The van der Waals surface area contributed by atoms with Crippen LogP contribution >= 0.6 is 11.3 Å². The van der Waals surface area contributed by atoms with Crippen LogP contribution < -0.4 is 14.8 Å². The number of rotatable bonds is 5. The van der Waals surface area contributed by atoms with Crippen molar-refractivity contribution in [2.45, 2.75) is 13.8 Å². The van der Waals surface area contributed by atoms with E-state index in [0.29, 0.717) is 0 Å². The maximum absolute atomic E-state index is 5.46. The molecule has 0 fully saturated rings. The molecule has 1 heterocycles. The molecular weight excluding hydrogens is 320 g/mol. The SMILES string of the molecule is COc1ccc(-c2csc(Nc3ccc(C)c(C)c3)n2)c(OC)c1. The lowest BCUT2D eigenvalue weighted by atomic mass is 10.1. The summed E-state index contributed by atoms with van der Waals surface area (Å²) >= 11 is 1.57. The summed E-state index contributed by atoms with van der Waals surface area (Å²) in [6.07, 6.45) is 0. The Bertz CT molecular complexity index is 858. The minimum absolute atomic E-state index is 0.748. The zero-order valence-electron chi connectivity index (χ0n) is 14.2. The fourth-order valence-corrected chi connectivity index (χ4v) is 3.14. The predicted octanol–water partition coefficient (Wildman–Crippen LogP) is 5.19. The van der Waals surface area contributed by atoms with Gasteiger partial charge in [-0.05, 0) is 49.2 Å². The number of aryl methyl sites for hydroxylation is 2. The molecule has 0 aliphatic heterocycles. The highest BCUT2D eigenvalue weighted by Gasteiger charge is 2.11. The molecule has 2 aromatic carbocycles. The number of nitrogens with zero attached hydrogens (tertiary/aromatic N) is 1. The van der Waals surface area contributed by atoms with E-state index in [1.54, 1.807) is 25.6 Å². The first kappa shape index (κ1) is 16.3. The topological polar surface area (TPSA) is 43.4 Å². The summed E-state index contributed by atoms with van der Waals surface area (Å²) in [6.45, 7) is 4.21. The quantitative estimate of drug-likeness (QED) is 0.694. The molecule has 124 valence electrons. The second kappa shape index (κ2) is 6.93. The molecule has 0 aliphatic carbocycles. The summed E-state index contributed by atoms with van der Waals surface area (Å²) in [7, 11) is 3.29. The monoisotopic (exact) mass is 340 g/mol. The van der Waals surface area contributed by atoms with Gasteiger partial charge in [-0.2, -0.15) is 0 Å². The first-order valence-electron chi connectivity index (χ1n) is 7.63. The molecule has 0 spiro atoms. The molecule has 0 aliphatic rings. The van der Waals surface area contributed by atoms with Crippen LogP contribution in [0, 0.1) is 13.8 Å². The number of aromatic nitrogens is 1. The van der Waals surface area contributed by atoms with E-state index in [9.17, 15) is 0 Å². The zero-order chi connectivity index (χ0) is 17.1. The third-order valence-electron chi connectivity index (χ3n) is 3.95. The number of methoxy groups -OCH3 is 2. The molecule has 0 amide bonds. The Morgan fingerprint density at radius 2 is 1.79 bits per heavy atom. The fourth-order valence-electron chi connectivity index (χ4n) is 2.41. The number of nitrogens with one attached hydrogen (secondary N) is 1. The average Bonchev–Trinajstić information content (AvgIpc) is 3.05. The van der Waals surface area contributed by atoms with Gasteiger partial charge in [0.1, 0.15) is 11.5 Å². The summed E-state index contributed by atoms with van der Waals surface area (Å²) in [4.78, 5) is 4.68. The lowest BCUT2D eigenvalue weighted by Crippen LogP contribution is -1.93. The highest BCUT2D eigenvalue weighted by Crippen LogP contribution is 2.35. The first-order valence-corrected chi connectivity index (χ1v) is 8.51. The van der Waals surface area contributed by atoms with E-state index in [2.05, 4.69) is 42.3 Å². The van der Waals surface area contributed by atoms with Gasteiger partial charge in [0.25, 0.3) is 0 Å². The molecule has 3 rings (SSSR count). The van der Waals surface area contributed by atoms with Crippen molar-refractivity contribution in [1.82, 2.24) is 4.98 Å². The van der Waals surface area contributed by atoms with Crippen molar-refractivity contribution in [3.05, 3.63) is 52.9 Å². The van der Waals surface area contributed by atoms with Crippen molar-refractivity contribution < 1.29 is 9.47 Å². The smallest absolute Gasteiger partial charge is 0.187 e. The number of anilines is 2. The van der Waals surface area contributed by atoms with Crippen LogP contribution in [-0.4, -0.2) is 19.2 Å². The average molecular weight is 340 g/mol. The molecule has 0 bridgehead atoms. The normalized spacial score (nSPS) is 10.5. The molecule has 0 atom stereocenters. The molecule has 24 heavy (non-hydrogen) atoms. The molecular formula is C19H20N2O2S. The van der Waals surface area contributed by atoms with Crippen molar-refractivity contribution in [2.75, 3.05) is 19.5 Å². The molecule has 0 radical (unpaired) electrons. The van der Waals surface area contributed by atoms with Crippen molar-refractivity contribution >= 4 is 22.2 Å². The lowest BCUT2D eigenvalue weighted by Gasteiger charge is -2.08. The van der Waals surface area contributed by atoms with Crippen LogP contribution in [0.25, 0.3) is 11.3 Å². The van der Waals surface area contributed by atoms with Crippen LogP contribution in [-0.2, 0) is 0 Å². The van der Waals surface area contributed by atoms with Crippen LogP contribution in [0.15, 0.2) is 41.8 Å². The molecule has 1 N–H and O–H groups in total. The minimum atomic E-state index is 0.748. The van der Waals surface area contributed by atoms with Gasteiger partial charge in [-0.15, -0.1) is 11.3 Å². The van der Waals surface area contributed by atoms with Gasteiger partial charge in [0.2, 0.25) is 0 Å². The third kappa shape index (κ3) is 3.36. The minimum Gasteiger partial charge on any atom is -0.497 e. The molecule has 0 saturated carbocycles. The number of hydrogen-bond donors (Lipinski definition) is 1. The standard InChI is InChI=1S/C19H20N2O2S/c1-12-5-6-14(9-13(12)2)20-19-21-17(11-24-19)16-8-7-15(22-3)10-18(16)23-4/h5-11H,1-4H3,(H,20,21). The Morgan fingerprint density at radius 3 is 2.50 bits per heavy atom. The maximum atomic E-state index is 5.46. The Morgan fingerprint density at radius 1 is 0.958 bits per heavy atom. The molecule has 5 heteroatoms. The molecule has 0 unspecified atom stereocenters. The summed E-state index contributed by atoms with van der Waals surface area (Å²) in [5, 5.41) is 6.24. The highest BCUT2D eigenvalue weighted by atomic mass is 32.1. The van der Waals surface area contributed by atoms with Gasteiger partial charge >= 0.3 is 0 Å². The maximum Gasteiger partial charge on any atom is 0.187 e. The van der Waals surface area contributed by atoms with Crippen molar-refractivity contribution in [1.29, 1.82) is 0 Å². The predicted molar refractivity (Wildman–Crippen MR) is 99.9 cm³/mol. The fraction of sp³-hybridized carbons (Fsp3) is 0.211. The van der Waals surface area contributed by atoms with E-state index in [4.69, 9.17) is 9.47 Å². The number of ether oxygens (including phenoxy) is 2. The molecule has 1 aromatic heterocycles. The van der Waals surface area contributed by atoms with Crippen LogP contribution in [0.1, 0.15) is 11.1 Å². The summed E-state index contributed by atoms with van der Waals surface area (Å²) in [6, 6.07) is 12.0. The van der Waals surface area contributed by atoms with E-state index < -0.39 is 0 Å². The van der Waals surface area contributed by atoms with Gasteiger partial charge in [-0.3, -0.25) is 0 Å². The van der Waals surface area contributed by atoms with Crippen LogP contribution in [0.5, 0.6) is 11.5 Å². The second-order valence-corrected chi connectivity index (χ2v) is 6.39. The highest BCUT2D eigenvalue weighted by molar-refractivity contribution is 7.14. The van der Waals surface area contributed by atoms with Gasteiger partial charge in [0, 0.05) is 22.7 Å². The number of thiazole rings is 1. The van der Waals surface area contributed by atoms with E-state index in [0.717, 1.165) is 33.6 Å². The van der Waals surface area contributed by atoms with E-state index in [1.807, 2.05) is 23.6 Å². The summed E-state index contributed by atoms with van der Waals surface area (Å²) < 4.78 is 10.7. The summed E-state index contributed by atoms with van der Waals surface area (Å²) in [5.74, 6) is 1.51. The summed E-state index contributed by atoms with van der Waals surface area (Å²) in [5.41, 5.74) is 5.41. The van der Waals surface area contributed by atoms with Crippen LogP contribution in [0.3, 0.4) is 0 Å². The van der Waals surface area contributed by atoms with Gasteiger partial charge in [-0.25, -0.2) is 4.98 Å². The van der Waals surface area contributed by atoms with Crippen LogP contribution in [0.4, 0.5) is 10.8 Å². The lowest BCUT2D eigenvalue weighted by molar-refractivity contribution is 0.395.